The normalized spacial score (nSPS) is 10.5. The van der Waals surface area contributed by atoms with Crippen LogP contribution >= 0.6 is 0 Å². The topological polar surface area (TPSA) is 115 Å². The van der Waals surface area contributed by atoms with Gasteiger partial charge in [-0.1, -0.05) is 36.4 Å². The molecular weight excluding hydrogens is 400 g/mol. The van der Waals surface area contributed by atoms with Gasteiger partial charge in [0.25, 0.3) is 0 Å². The average Bonchev–Trinajstić information content (AvgIpc) is 3.68. The fourth-order valence-electron chi connectivity index (χ4n) is 3.36. The van der Waals surface area contributed by atoms with Gasteiger partial charge >= 0.3 is 0 Å². The van der Waals surface area contributed by atoms with Crippen molar-refractivity contribution in [2.75, 3.05) is 0 Å². The molecule has 0 saturated heterocycles. The van der Waals surface area contributed by atoms with Crippen LogP contribution in [0.1, 0.15) is 0 Å². The standard InChI is InChI=1S/2C12H10N4/c2*1-2-9(11-5-13-7-15-11)4-10(3-1)12-6-14-8-16-12/h2*1-8H,(H,13,15)(H,14,16). The molecule has 0 amide bonds. The number of hydrogen-bond acceptors (Lipinski definition) is 4. The largest absolute Gasteiger partial charge is 0.345 e. The van der Waals surface area contributed by atoms with Crippen LogP contribution in [0.15, 0.2) is 98.6 Å². The maximum atomic E-state index is 4.02. The molecule has 32 heavy (non-hydrogen) atoms. The Bertz CT molecular complexity index is 1140. The summed E-state index contributed by atoms with van der Waals surface area (Å²) in [6.45, 7) is 0. The van der Waals surface area contributed by atoms with E-state index in [2.05, 4.69) is 52.0 Å². The Kier molecular flexibility index (Phi) is 5.40. The van der Waals surface area contributed by atoms with Gasteiger partial charge in [0.15, 0.2) is 0 Å². The molecule has 0 atom stereocenters. The third kappa shape index (κ3) is 4.24. The van der Waals surface area contributed by atoms with E-state index >= 15 is 0 Å². The Labute approximate surface area is 183 Å². The lowest BCUT2D eigenvalue weighted by Crippen LogP contribution is -1.80. The number of benzene rings is 2. The van der Waals surface area contributed by atoms with Crippen LogP contribution in [0.4, 0.5) is 0 Å². The van der Waals surface area contributed by atoms with Gasteiger partial charge in [0, 0.05) is 22.3 Å². The first-order chi connectivity index (χ1) is 15.9. The van der Waals surface area contributed by atoms with Crippen molar-refractivity contribution in [2.45, 2.75) is 0 Å². The summed E-state index contributed by atoms with van der Waals surface area (Å²) in [5.74, 6) is 0. The molecule has 0 fully saturated rings. The van der Waals surface area contributed by atoms with Crippen LogP contribution in [0.3, 0.4) is 0 Å². The Balaban J connectivity index is 0.000000135. The van der Waals surface area contributed by atoms with Gasteiger partial charge in [-0.2, -0.15) is 0 Å². The van der Waals surface area contributed by atoms with Crippen molar-refractivity contribution in [2.24, 2.45) is 0 Å². The molecule has 4 aromatic heterocycles. The van der Waals surface area contributed by atoms with Crippen LogP contribution < -0.4 is 0 Å². The molecule has 0 saturated carbocycles. The van der Waals surface area contributed by atoms with E-state index in [-0.39, 0.29) is 0 Å². The maximum Gasteiger partial charge on any atom is 0.0924 e. The Morgan fingerprint density at radius 2 is 0.688 bits per heavy atom. The van der Waals surface area contributed by atoms with Crippen molar-refractivity contribution in [3.63, 3.8) is 0 Å². The number of hydrogen-bond donors (Lipinski definition) is 4. The first-order valence-electron chi connectivity index (χ1n) is 10.0. The summed E-state index contributed by atoms with van der Waals surface area (Å²) in [7, 11) is 0. The van der Waals surface area contributed by atoms with Gasteiger partial charge in [0.05, 0.1) is 72.9 Å². The highest BCUT2D eigenvalue weighted by molar-refractivity contribution is 5.69. The molecular formula is C24H20N8. The first kappa shape index (κ1) is 19.3. The minimum atomic E-state index is 1.02. The molecule has 0 radical (unpaired) electrons. The van der Waals surface area contributed by atoms with Crippen molar-refractivity contribution in [1.29, 1.82) is 0 Å². The number of imidazole rings is 4. The monoisotopic (exact) mass is 420 g/mol. The van der Waals surface area contributed by atoms with E-state index < -0.39 is 0 Å². The van der Waals surface area contributed by atoms with Crippen LogP contribution in [-0.2, 0) is 0 Å². The molecule has 0 unspecified atom stereocenters. The van der Waals surface area contributed by atoms with Crippen molar-refractivity contribution in [1.82, 2.24) is 39.9 Å². The predicted molar refractivity (Wildman–Crippen MR) is 123 cm³/mol. The quantitative estimate of drug-likeness (QED) is 0.323. The molecule has 156 valence electrons. The van der Waals surface area contributed by atoms with Crippen LogP contribution in [0.2, 0.25) is 0 Å². The third-order valence-corrected chi connectivity index (χ3v) is 4.96. The number of aromatic nitrogens is 8. The van der Waals surface area contributed by atoms with E-state index in [9.17, 15) is 0 Å². The Morgan fingerprint density at radius 1 is 0.406 bits per heavy atom. The second kappa shape index (κ2) is 8.97. The summed E-state index contributed by atoms with van der Waals surface area (Å²) >= 11 is 0. The minimum Gasteiger partial charge on any atom is -0.345 e. The molecule has 2 aromatic carbocycles. The van der Waals surface area contributed by atoms with Gasteiger partial charge in [0.1, 0.15) is 0 Å². The molecule has 6 rings (SSSR count). The summed E-state index contributed by atoms with van der Waals surface area (Å²) in [5.41, 5.74) is 8.52. The summed E-state index contributed by atoms with van der Waals surface area (Å²) in [5, 5.41) is 0. The lowest BCUT2D eigenvalue weighted by atomic mass is 10.1. The zero-order valence-electron chi connectivity index (χ0n) is 17.0. The fourth-order valence-corrected chi connectivity index (χ4v) is 3.36. The summed E-state index contributed by atoms with van der Waals surface area (Å²) in [6.07, 6.45) is 14.0. The first-order valence-corrected chi connectivity index (χ1v) is 10.0. The molecule has 6 aromatic rings. The second-order valence-electron chi connectivity index (χ2n) is 7.02. The number of H-pyrrole nitrogens is 4. The molecule has 0 aliphatic rings. The zero-order valence-corrected chi connectivity index (χ0v) is 17.0. The van der Waals surface area contributed by atoms with Crippen molar-refractivity contribution in [3.8, 4) is 45.0 Å². The highest BCUT2D eigenvalue weighted by Gasteiger charge is 2.03. The smallest absolute Gasteiger partial charge is 0.0924 e. The zero-order chi connectivity index (χ0) is 21.6. The van der Waals surface area contributed by atoms with Crippen molar-refractivity contribution < 1.29 is 0 Å². The SMILES string of the molecule is c1cc(-c2cnc[nH]2)cc(-c2cnc[nH]2)c1.c1cc(-c2cnc[nH]2)cc(-c2cnc[nH]2)c1. The summed E-state index contributed by atoms with van der Waals surface area (Å²) in [4.78, 5) is 28.4. The van der Waals surface area contributed by atoms with E-state index in [1.807, 2.05) is 61.2 Å². The van der Waals surface area contributed by atoms with Crippen LogP contribution in [0.25, 0.3) is 45.0 Å². The average molecular weight is 420 g/mol. The van der Waals surface area contributed by atoms with E-state index in [0.717, 1.165) is 45.0 Å². The van der Waals surface area contributed by atoms with Crippen LogP contribution in [-0.4, -0.2) is 39.9 Å². The molecule has 8 heteroatoms. The fraction of sp³-hybridized carbons (Fsp3) is 0. The maximum absolute atomic E-state index is 4.02. The van der Waals surface area contributed by atoms with Gasteiger partial charge in [-0.3, -0.25) is 0 Å². The van der Waals surface area contributed by atoms with Crippen molar-refractivity contribution >= 4 is 0 Å². The summed E-state index contributed by atoms with van der Waals surface area (Å²) < 4.78 is 0. The van der Waals surface area contributed by atoms with Gasteiger partial charge in [-0.25, -0.2) is 19.9 Å². The Hall–Kier alpha value is -4.72. The third-order valence-electron chi connectivity index (χ3n) is 4.96. The van der Waals surface area contributed by atoms with Gasteiger partial charge < -0.3 is 19.9 Å². The van der Waals surface area contributed by atoms with Crippen LogP contribution in [0.5, 0.6) is 0 Å². The van der Waals surface area contributed by atoms with Crippen molar-refractivity contribution in [3.05, 3.63) is 98.6 Å². The van der Waals surface area contributed by atoms with Gasteiger partial charge in [0.2, 0.25) is 0 Å². The highest BCUT2D eigenvalue weighted by atomic mass is 14.9. The lowest BCUT2D eigenvalue weighted by Gasteiger charge is -2.01. The highest BCUT2D eigenvalue weighted by Crippen LogP contribution is 2.24. The molecule has 0 aliphatic heterocycles. The Morgan fingerprint density at radius 3 is 0.906 bits per heavy atom. The molecule has 0 aliphatic carbocycles. The predicted octanol–water partition coefficient (Wildman–Crippen LogP) is 4.93. The van der Waals surface area contributed by atoms with E-state index in [1.54, 1.807) is 25.3 Å². The number of nitrogens with one attached hydrogen (secondary N) is 4. The van der Waals surface area contributed by atoms with Gasteiger partial charge in [-0.15, -0.1) is 0 Å². The summed E-state index contributed by atoms with van der Waals surface area (Å²) in [6, 6.07) is 16.4. The van der Waals surface area contributed by atoms with E-state index in [1.165, 1.54) is 0 Å². The van der Waals surface area contributed by atoms with E-state index in [0.29, 0.717) is 0 Å². The molecule has 4 N–H and O–H groups in total. The van der Waals surface area contributed by atoms with E-state index in [4.69, 9.17) is 0 Å². The minimum absolute atomic E-state index is 1.02. The van der Waals surface area contributed by atoms with Crippen LogP contribution in [0, 0.1) is 0 Å². The molecule has 0 bridgehead atoms. The molecule has 0 spiro atoms. The number of rotatable bonds is 4. The molecule has 8 nitrogen and oxygen atoms in total. The number of nitrogens with zero attached hydrogens (tertiary/aromatic N) is 4. The van der Waals surface area contributed by atoms with Gasteiger partial charge in [-0.05, 0) is 12.1 Å². The molecule has 4 heterocycles. The number of aromatic amines is 4. The second-order valence-corrected chi connectivity index (χ2v) is 7.02. The lowest BCUT2D eigenvalue weighted by molar-refractivity contribution is 1.31.